The molecule has 18 heavy (non-hydrogen) atoms. The normalized spacial score (nSPS) is 18.1. The summed E-state index contributed by atoms with van der Waals surface area (Å²) in [4.78, 5) is 19.1. The highest BCUT2D eigenvalue weighted by Gasteiger charge is 2.38. The molecule has 1 fully saturated rings. The summed E-state index contributed by atoms with van der Waals surface area (Å²) in [6.45, 7) is 3.51. The molecule has 1 aliphatic carbocycles. The van der Waals surface area contributed by atoms with Crippen molar-refractivity contribution in [1.82, 2.24) is 15.3 Å². The Morgan fingerprint density at radius 3 is 2.83 bits per heavy atom. The van der Waals surface area contributed by atoms with Gasteiger partial charge in [-0.05, 0) is 32.2 Å². The van der Waals surface area contributed by atoms with Crippen molar-refractivity contribution in [3.8, 4) is 0 Å². The Labute approximate surface area is 107 Å². The number of aromatic amines is 1. The SMILES string of the molecule is CCNCc1cc(=O)[nH]c(C2(OC)CCCC2)n1. The average molecular weight is 251 g/mol. The molecule has 0 amide bonds. The molecule has 5 nitrogen and oxygen atoms in total. The van der Waals surface area contributed by atoms with Gasteiger partial charge in [0.1, 0.15) is 11.4 Å². The van der Waals surface area contributed by atoms with Crippen LogP contribution in [0.15, 0.2) is 10.9 Å². The molecule has 0 atom stereocenters. The van der Waals surface area contributed by atoms with Gasteiger partial charge in [-0.1, -0.05) is 6.92 Å². The highest BCUT2D eigenvalue weighted by Crippen LogP contribution is 2.39. The zero-order valence-electron chi connectivity index (χ0n) is 11.1. The summed E-state index contributed by atoms with van der Waals surface area (Å²) < 4.78 is 5.65. The van der Waals surface area contributed by atoms with Crippen molar-refractivity contribution in [2.75, 3.05) is 13.7 Å². The molecular formula is C13H21N3O2. The van der Waals surface area contributed by atoms with Crippen LogP contribution >= 0.6 is 0 Å². The smallest absolute Gasteiger partial charge is 0.251 e. The molecule has 1 aromatic rings. The number of aromatic nitrogens is 2. The first-order valence-electron chi connectivity index (χ1n) is 6.57. The zero-order chi connectivity index (χ0) is 13.0. The molecule has 1 saturated carbocycles. The van der Waals surface area contributed by atoms with Crippen molar-refractivity contribution in [3.05, 3.63) is 27.9 Å². The maximum atomic E-state index is 11.7. The predicted octanol–water partition coefficient (Wildman–Crippen LogP) is 1.30. The first-order chi connectivity index (χ1) is 8.70. The van der Waals surface area contributed by atoms with Crippen molar-refractivity contribution in [1.29, 1.82) is 0 Å². The van der Waals surface area contributed by atoms with Crippen LogP contribution < -0.4 is 10.9 Å². The number of hydrogen-bond donors (Lipinski definition) is 2. The molecule has 0 unspecified atom stereocenters. The van der Waals surface area contributed by atoms with Gasteiger partial charge >= 0.3 is 0 Å². The van der Waals surface area contributed by atoms with Gasteiger partial charge < -0.3 is 15.0 Å². The number of rotatable bonds is 5. The third kappa shape index (κ3) is 2.62. The summed E-state index contributed by atoms with van der Waals surface area (Å²) >= 11 is 0. The molecule has 0 saturated heterocycles. The van der Waals surface area contributed by atoms with E-state index in [9.17, 15) is 4.79 Å². The minimum Gasteiger partial charge on any atom is -0.370 e. The van der Waals surface area contributed by atoms with E-state index in [0.717, 1.165) is 37.9 Å². The lowest BCUT2D eigenvalue weighted by atomic mass is 10.0. The molecule has 5 heteroatoms. The third-order valence-corrected chi connectivity index (χ3v) is 3.58. The Bertz CT molecular complexity index is 450. The Kier molecular flexibility index (Phi) is 4.14. The molecular weight excluding hydrogens is 230 g/mol. The minimum absolute atomic E-state index is 0.101. The van der Waals surface area contributed by atoms with Gasteiger partial charge in [-0.25, -0.2) is 4.98 Å². The highest BCUT2D eigenvalue weighted by molar-refractivity contribution is 5.10. The Hall–Kier alpha value is -1.20. The molecule has 2 rings (SSSR count). The molecule has 0 spiro atoms. The summed E-state index contributed by atoms with van der Waals surface area (Å²) in [6.07, 6.45) is 4.10. The van der Waals surface area contributed by atoms with Gasteiger partial charge in [0.05, 0.1) is 5.69 Å². The fraction of sp³-hybridized carbons (Fsp3) is 0.692. The van der Waals surface area contributed by atoms with Crippen molar-refractivity contribution < 1.29 is 4.74 Å². The van der Waals surface area contributed by atoms with E-state index in [0.29, 0.717) is 12.4 Å². The van der Waals surface area contributed by atoms with E-state index in [2.05, 4.69) is 15.3 Å². The van der Waals surface area contributed by atoms with Crippen molar-refractivity contribution in [2.24, 2.45) is 0 Å². The highest BCUT2D eigenvalue weighted by atomic mass is 16.5. The second-order valence-corrected chi connectivity index (χ2v) is 4.77. The standard InChI is InChI=1S/C13H21N3O2/c1-3-14-9-10-8-11(17)16-12(15-10)13(18-2)6-4-5-7-13/h8,14H,3-7,9H2,1-2H3,(H,15,16,17). The summed E-state index contributed by atoms with van der Waals surface area (Å²) in [7, 11) is 1.70. The Balaban J connectivity index is 2.31. The van der Waals surface area contributed by atoms with Crippen LogP contribution in [0.4, 0.5) is 0 Å². The molecule has 1 aromatic heterocycles. The Morgan fingerprint density at radius 2 is 2.22 bits per heavy atom. The third-order valence-electron chi connectivity index (χ3n) is 3.58. The zero-order valence-corrected chi connectivity index (χ0v) is 11.1. The lowest BCUT2D eigenvalue weighted by Crippen LogP contribution is -2.31. The lowest BCUT2D eigenvalue weighted by Gasteiger charge is -2.26. The maximum Gasteiger partial charge on any atom is 0.251 e. The van der Waals surface area contributed by atoms with E-state index < -0.39 is 0 Å². The van der Waals surface area contributed by atoms with E-state index >= 15 is 0 Å². The maximum absolute atomic E-state index is 11.7. The largest absolute Gasteiger partial charge is 0.370 e. The first-order valence-corrected chi connectivity index (χ1v) is 6.57. The van der Waals surface area contributed by atoms with E-state index in [1.54, 1.807) is 13.2 Å². The van der Waals surface area contributed by atoms with Gasteiger partial charge in [0, 0.05) is 19.7 Å². The Morgan fingerprint density at radius 1 is 1.50 bits per heavy atom. The van der Waals surface area contributed by atoms with Crippen LogP contribution in [0.25, 0.3) is 0 Å². The fourth-order valence-electron chi connectivity index (χ4n) is 2.55. The number of nitrogens with zero attached hydrogens (tertiary/aromatic N) is 1. The second kappa shape index (κ2) is 5.63. The topological polar surface area (TPSA) is 67.0 Å². The summed E-state index contributed by atoms with van der Waals surface area (Å²) in [5.74, 6) is 0.683. The monoisotopic (exact) mass is 251 g/mol. The summed E-state index contributed by atoms with van der Waals surface area (Å²) in [5.41, 5.74) is 0.289. The summed E-state index contributed by atoms with van der Waals surface area (Å²) in [6, 6.07) is 1.55. The molecule has 0 radical (unpaired) electrons. The molecule has 100 valence electrons. The van der Waals surface area contributed by atoms with Gasteiger partial charge in [0.25, 0.3) is 5.56 Å². The van der Waals surface area contributed by atoms with Crippen LogP contribution in [0.2, 0.25) is 0 Å². The number of hydrogen-bond acceptors (Lipinski definition) is 4. The van der Waals surface area contributed by atoms with E-state index in [4.69, 9.17) is 4.74 Å². The molecule has 0 aromatic carbocycles. The van der Waals surface area contributed by atoms with E-state index in [-0.39, 0.29) is 11.2 Å². The molecule has 0 aliphatic heterocycles. The number of H-pyrrole nitrogens is 1. The van der Waals surface area contributed by atoms with Gasteiger partial charge in [-0.3, -0.25) is 4.79 Å². The first kappa shape index (κ1) is 13.2. The second-order valence-electron chi connectivity index (χ2n) is 4.77. The van der Waals surface area contributed by atoms with Gasteiger partial charge in [-0.2, -0.15) is 0 Å². The molecule has 2 N–H and O–H groups in total. The van der Waals surface area contributed by atoms with Crippen LogP contribution in [0.3, 0.4) is 0 Å². The van der Waals surface area contributed by atoms with Crippen LogP contribution in [-0.4, -0.2) is 23.6 Å². The van der Waals surface area contributed by atoms with Crippen LogP contribution in [0, 0.1) is 0 Å². The number of ether oxygens (including phenoxy) is 1. The predicted molar refractivity (Wildman–Crippen MR) is 69.4 cm³/mol. The van der Waals surface area contributed by atoms with Crippen molar-refractivity contribution >= 4 is 0 Å². The van der Waals surface area contributed by atoms with Crippen LogP contribution in [0.5, 0.6) is 0 Å². The average Bonchev–Trinajstić information content (AvgIpc) is 2.85. The van der Waals surface area contributed by atoms with Gasteiger partial charge in [0.15, 0.2) is 0 Å². The summed E-state index contributed by atoms with van der Waals surface area (Å²) in [5, 5.41) is 3.18. The number of nitrogens with one attached hydrogen (secondary N) is 2. The van der Waals surface area contributed by atoms with E-state index in [1.807, 2.05) is 6.92 Å². The minimum atomic E-state index is -0.388. The van der Waals surface area contributed by atoms with Crippen molar-refractivity contribution in [2.45, 2.75) is 44.8 Å². The quantitative estimate of drug-likeness (QED) is 0.827. The van der Waals surface area contributed by atoms with E-state index in [1.165, 1.54) is 0 Å². The molecule has 0 bridgehead atoms. The van der Waals surface area contributed by atoms with Crippen molar-refractivity contribution in [3.63, 3.8) is 0 Å². The lowest BCUT2D eigenvalue weighted by molar-refractivity contribution is -0.0166. The van der Waals surface area contributed by atoms with Gasteiger partial charge in [-0.15, -0.1) is 0 Å². The fourth-order valence-corrected chi connectivity index (χ4v) is 2.55. The molecule has 1 heterocycles. The van der Waals surface area contributed by atoms with Gasteiger partial charge in [0.2, 0.25) is 0 Å². The number of methoxy groups -OCH3 is 1. The van der Waals surface area contributed by atoms with Crippen LogP contribution in [-0.2, 0) is 16.9 Å². The molecule has 1 aliphatic rings. The van der Waals surface area contributed by atoms with Crippen LogP contribution in [0.1, 0.15) is 44.1 Å².